The molecule has 3 aromatic rings. The lowest BCUT2D eigenvalue weighted by Gasteiger charge is -2.04. The third kappa shape index (κ3) is 3.01. The van der Waals surface area contributed by atoms with Gasteiger partial charge in [0.05, 0.1) is 10.9 Å². The molecule has 6 heteroatoms. The Morgan fingerprint density at radius 1 is 1.23 bits per heavy atom. The molecule has 3 rings (SSSR count). The molecule has 0 aliphatic carbocycles. The lowest BCUT2D eigenvalue weighted by molar-refractivity contribution is -0.131. The molecule has 0 saturated heterocycles. The fourth-order valence-electron chi connectivity index (χ4n) is 2.03. The summed E-state index contributed by atoms with van der Waals surface area (Å²) in [5.41, 5.74) is 0.698. The summed E-state index contributed by atoms with van der Waals surface area (Å²) in [7, 11) is 0. The Bertz CT molecular complexity index is 933. The van der Waals surface area contributed by atoms with E-state index in [-0.39, 0.29) is 17.0 Å². The Hall–Kier alpha value is -2.22. The van der Waals surface area contributed by atoms with Gasteiger partial charge in [-0.2, -0.15) is 0 Å². The monoisotopic (exact) mass is 407 g/mol. The molecule has 0 N–H and O–H groups in total. The number of aromatic nitrogens is 1. The van der Waals surface area contributed by atoms with Gasteiger partial charge < -0.3 is 9.15 Å². The highest BCUT2D eigenvalue weighted by molar-refractivity contribution is 14.1. The van der Waals surface area contributed by atoms with Crippen molar-refractivity contribution < 1.29 is 13.9 Å². The second kappa shape index (κ2) is 5.88. The van der Waals surface area contributed by atoms with Gasteiger partial charge in [0.25, 0.3) is 0 Å². The number of carbonyl (C=O) groups is 1. The molecule has 2 aromatic carbocycles. The zero-order valence-electron chi connectivity index (χ0n) is 11.5. The van der Waals surface area contributed by atoms with E-state index in [0.29, 0.717) is 5.52 Å². The van der Waals surface area contributed by atoms with E-state index in [1.54, 1.807) is 12.1 Å². The van der Waals surface area contributed by atoms with Crippen LogP contribution >= 0.6 is 22.6 Å². The number of ether oxygens (including phenoxy) is 1. The van der Waals surface area contributed by atoms with Gasteiger partial charge in [-0.25, -0.2) is 9.78 Å². The number of halogens is 1. The van der Waals surface area contributed by atoms with E-state index in [2.05, 4.69) is 27.6 Å². The Kier molecular flexibility index (Phi) is 3.93. The second-order valence-electron chi connectivity index (χ2n) is 4.59. The van der Waals surface area contributed by atoms with Crippen molar-refractivity contribution in [2.24, 2.45) is 0 Å². The van der Waals surface area contributed by atoms with Gasteiger partial charge in [-0.3, -0.25) is 4.79 Å². The van der Waals surface area contributed by atoms with Crippen LogP contribution in [0.25, 0.3) is 22.4 Å². The van der Waals surface area contributed by atoms with Crippen LogP contribution in [0.15, 0.2) is 51.7 Å². The molecule has 0 aliphatic heterocycles. The summed E-state index contributed by atoms with van der Waals surface area (Å²) in [5, 5.41) is 0.271. The van der Waals surface area contributed by atoms with E-state index in [1.165, 1.54) is 13.0 Å². The number of benzene rings is 2. The Morgan fingerprint density at radius 2 is 2.05 bits per heavy atom. The van der Waals surface area contributed by atoms with E-state index in [0.717, 1.165) is 9.13 Å². The molecule has 0 spiro atoms. The first-order valence-corrected chi connectivity index (χ1v) is 7.50. The molecule has 22 heavy (non-hydrogen) atoms. The average Bonchev–Trinajstić information content (AvgIpc) is 2.47. The first kappa shape index (κ1) is 14.7. The van der Waals surface area contributed by atoms with Gasteiger partial charge in [0, 0.05) is 16.1 Å². The van der Waals surface area contributed by atoms with Crippen molar-refractivity contribution in [2.45, 2.75) is 6.92 Å². The van der Waals surface area contributed by atoms with Gasteiger partial charge in [-0.15, -0.1) is 0 Å². The zero-order chi connectivity index (χ0) is 15.7. The number of carbonyl (C=O) groups excluding carboxylic acids is 1. The summed E-state index contributed by atoms with van der Waals surface area (Å²) < 4.78 is 11.3. The highest BCUT2D eigenvalue weighted by Gasteiger charge is 2.10. The minimum Gasteiger partial charge on any atom is -0.427 e. The maximum absolute atomic E-state index is 12.1. The lowest BCUT2D eigenvalue weighted by atomic mass is 10.2. The molecule has 5 nitrogen and oxygen atoms in total. The number of hydrogen-bond donors (Lipinski definition) is 0. The minimum absolute atomic E-state index is 0.260. The predicted octanol–water partition coefficient (Wildman–Crippen LogP) is 3.38. The molecule has 0 amide bonds. The standard InChI is InChI=1S/C16H10INO4/c1-9(19)21-12-5-6-14-13(8-12)16(20)22-15(18-14)10-3-2-4-11(17)7-10/h2-8H,1H3. The number of esters is 1. The van der Waals surface area contributed by atoms with Gasteiger partial charge >= 0.3 is 11.6 Å². The summed E-state index contributed by atoms with van der Waals surface area (Å²) in [5.74, 6) is 0.0968. The average molecular weight is 407 g/mol. The van der Waals surface area contributed by atoms with E-state index >= 15 is 0 Å². The zero-order valence-corrected chi connectivity index (χ0v) is 13.7. The van der Waals surface area contributed by atoms with Crippen LogP contribution in [0, 0.1) is 3.57 Å². The number of fused-ring (bicyclic) bond motifs is 1. The van der Waals surface area contributed by atoms with Crippen LogP contribution in [0.2, 0.25) is 0 Å². The molecule has 110 valence electrons. The molecule has 1 aromatic heterocycles. The van der Waals surface area contributed by atoms with Gasteiger partial charge in [0.15, 0.2) is 0 Å². The van der Waals surface area contributed by atoms with Crippen LogP contribution in [-0.4, -0.2) is 11.0 Å². The smallest absolute Gasteiger partial charge is 0.347 e. The fourth-order valence-corrected chi connectivity index (χ4v) is 2.57. The van der Waals surface area contributed by atoms with E-state index in [4.69, 9.17) is 9.15 Å². The van der Waals surface area contributed by atoms with E-state index in [9.17, 15) is 9.59 Å². The van der Waals surface area contributed by atoms with Crippen LogP contribution < -0.4 is 10.4 Å². The quantitative estimate of drug-likeness (QED) is 0.370. The van der Waals surface area contributed by atoms with E-state index < -0.39 is 11.6 Å². The summed E-state index contributed by atoms with van der Waals surface area (Å²) >= 11 is 2.18. The number of rotatable bonds is 2. The van der Waals surface area contributed by atoms with Gasteiger partial charge in [-0.1, -0.05) is 6.07 Å². The molecule has 0 fully saturated rings. The molecule has 0 saturated carbocycles. The summed E-state index contributed by atoms with van der Waals surface area (Å²) in [4.78, 5) is 27.5. The van der Waals surface area contributed by atoms with Crippen molar-refractivity contribution >= 4 is 39.5 Å². The van der Waals surface area contributed by atoms with Crippen molar-refractivity contribution in [3.63, 3.8) is 0 Å². The Morgan fingerprint density at radius 3 is 2.77 bits per heavy atom. The van der Waals surface area contributed by atoms with Crippen LogP contribution in [0.4, 0.5) is 0 Å². The SMILES string of the molecule is CC(=O)Oc1ccc2nc(-c3cccc(I)c3)oc(=O)c2c1. The van der Waals surface area contributed by atoms with Crippen LogP contribution in [0.1, 0.15) is 6.92 Å². The van der Waals surface area contributed by atoms with Crippen LogP contribution in [-0.2, 0) is 4.79 Å². The third-order valence-corrected chi connectivity index (χ3v) is 3.60. The van der Waals surface area contributed by atoms with Crippen molar-refractivity contribution in [3.8, 4) is 17.2 Å². The molecule has 0 bridgehead atoms. The van der Waals surface area contributed by atoms with Crippen molar-refractivity contribution in [1.29, 1.82) is 0 Å². The Balaban J connectivity index is 2.13. The Labute approximate surface area is 139 Å². The molecule has 0 radical (unpaired) electrons. The first-order valence-electron chi connectivity index (χ1n) is 6.42. The largest absolute Gasteiger partial charge is 0.427 e. The molecule has 1 heterocycles. The number of hydrogen-bond acceptors (Lipinski definition) is 5. The molecule has 0 atom stereocenters. The fraction of sp³-hybridized carbons (Fsp3) is 0.0625. The molecular formula is C16H10INO4. The second-order valence-corrected chi connectivity index (χ2v) is 5.84. The third-order valence-electron chi connectivity index (χ3n) is 2.93. The topological polar surface area (TPSA) is 69.4 Å². The first-order chi connectivity index (χ1) is 10.5. The van der Waals surface area contributed by atoms with Gasteiger partial charge in [0.2, 0.25) is 5.89 Å². The molecule has 0 aliphatic rings. The molecular weight excluding hydrogens is 397 g/mol. The maximum atomic E-state index is 12.1. The minimum atomic E-state index is -0.520. The van der Waals surface area contributed by atoms with Crippen molar-refractivity contribution in [3.05, 3.63) is 56.5 Å². The number of nitrogens with zero attached hydrogens (tertiary/aromatic N) is 1. The van der Waals surface area contributed by atoms with Crippen LogP contribution in [0.5, 0.6) is 5.75 Å². The summed E-state index contributed by atoms with van der Waals surface area (Å²) in [6.45, 7) is 1.30. The highest BCUT2D eigenvalue weighted by Crippen LogP contribution is 2.22. The summed E-state index contributed by atoms with van der Waals surface area (Å²) in [6, 6.07) is 12.2. The van der Waals surface area contributed by atoms with Crippen LogP contribution in [0.3, 0.4) is 0 Å². The van der Waals surface area contributed by atoms with E-state index in [1.807, 2.05) is 24.3 Å². The predicted molar refractivity (Wildman–Crippen MR) is 89.7 cm³/mol. The van der Waals surface area contributed by atoms with Crippen molar-refractivity contribution in [2.75, 3.05) is 0 Å². The normalized spacial score (nSPS) is 10.6. The molecule has 0 unspecified atom stereocenters. The highest BCUT2D eigenvalue weighted by atomic mass is 127. The van der Waals surface area contributed by atoms with Gasteiger partial charge in [-0.05, 0) is 59.0 Å². The van der Waals surface area contributed by atoms with Gasteiger partial charge in [0.1, 0.15) is 5.75 Å². The maximum Gasteiger partial charge on any atom is 0.347 e. The van der Waals surface area contributed by atoms with Crippen molar-refractivity contribution in [1.82, 2.24) is 4.98 Å². The lowest BCUT2D eigenvalue weighted by Crippen LogP contribution is -2.05. The summed E-state index contributed by atoms with van der Waals surface area (Å²) in [6.07, 6.45) is 0.